The second kappa shape index (κ2) is 5.42. The molecule has 2 rings (SSSR count). The minimum absolute atomic E-state index is 0.134. The molecule has 19 heavy (non-hydrogen) atoms. The van der Waals surface area contributed by atoms with Crippen molar-refractivity contribution in [2.75, 3.05) is 11.9 Å². The van der Waals surface area contributed by atoms with Crippen molar-refractivity contribution in [2.24, 2.45) is 7.05 Å². The number of anilines is 1. The zero-order valence-electron chi connectivity index (χ0n) is 10.7. The highest BCUT2D eigenvalue weighted by molar-refractivity contribution is 5.66. The predicted molar refractivity (Wildman–Crippen MR) is 69.7 cm³/mol. The van der Waals surface area contributed by atoms with Crippen LogP contribution in [0, 0.1) is 10.1 Å². The van der Waals surface area contributed by atoms with E-state index >= 15 is 0 Å². The number of nitrogens with one attached hydrogen (secondary N) is 1. The molecule has 0 aliphatic carbocycles. The molecule has 0 amide bonds. The van der Waals surface area contributed by atoms with Crippen LogP contribution in [0.15, 0.2) is 18.5 Å². The molecule has 2 heterocycles. The van der Waals surface area contributed by atoms with Gasteiger partial charge >= 0.3 is 5.69 Å². The summed E-state index contributed by atoms with van der Waals surface area (Å²) in [6.45, 7) is 2.73. The summed E-state index contributed by atoms with van der Waals surface area (Å²) in [4.78, 5) is 18.7. The van der Waals surface area contributed by atoms with Crippen LogP contribution in [0.3, 0.4) is 0 Å². The van der Waals surface area contributed by atoms with Crippen LogP contribution >= 0.6 is 0 Å². The molecule has 0 fully saturated rings. The summed E-state index contributed by atoms with van der Waals surface area (Å²) in [5.74, 6) is 0.378. The van der Waals surface area contributed by atoms with E-state index in [1.165, 1.54) is 6.20 Å². The lowest BCUT2D eigenvalue weighted by atomic mass is 10.2. The van der Waals surface area contributed by atoms with Crippen molar-refractivity contribution in [3.63, 3.8) is 0 Å². The predicted octanol–water partition coefficient (Wildman–Crippen LogP) is 1.61. The summed E-state index contributed by atoms with van der Waals surface area (Å²) < 4.78 is 1.54. The van der Waals surface area contributed by atoms with Crippen LogP contribution in [-0.2, 0) is 7.05 Å². The van der Waals surface area contributed by atoms with Crippen LogP contribution in [0.4, 0.5) is 11.6 Å². The van der Waals surface area contributed by atoms with Gasteiger partial charge in [0.25, 0.3) is 0 Å². The molecule has 2 aromatic rings. The molecule has 2 aromatic heterocycles. The van der Waals surface area contributed by atoms with Crippen LogP contribution in [0.25, 0.3) is 11.4 Å². The van der Waals surface area contributed by atoms with E-state index in [0.29, 0.717) is 18.2 Å². The maximum absolute atomic E-state index is 11.0. The van der Waals surface area contributed by atoms with E-state index in [2.05, 4.69) is 20.4 Å². The number of hydrogen-bond acceptors (Lipinski definition) is 6. The zero-order valence-corrected chi connectivity index (χ0v) is 10.7. The van der Waals surface area contributed by atoms with Gasteiger partial charge in [0.1, 0.15) is 6.20 Å². The molecule has 0 spiro atoms. The van der Waals surface area contributed by atoms with Gasteiger partial charge < -0.3 is 5.32 Å². The Hall–Kier alpha value is -2.51. The highest BCUT2D eigenvalue weighted by Gasteiger charge is 2.21. The fraction of sp³-hybridized carbons (Fsp3) is 0.364. The average Bonchev–Trinajstić information content (AvgIpc) is 2.82. The Kier molecular flexibility index (Phi) is 3.69. The van der Waals surface area contributed by atoms with Crippen LogP contribution in [0.2, 0.25) is 0 Å². The molecule has 0 aliphatic rings. The second-order valence-corrected chi connectivity index (χ2v) is 3.95. The van der Waals surface area contributed by atoms with E-state index < -0.39 is 4.92 Å². The molecule has 0 atom stereocenters. The Morgan fingerprint density at radius 2 is 2.32 bits per heavy atom. The van der Waals surface area contributed by atoms with Crippen molar-refractivity contribution in [3.8, 4) is 11.4 Å². The summed E-state index contributed by atoms with van der Waals surface area (Å²) in [6, 6.07) is 1.68. The van der Waals surface area contributed by atoms with E-state index in [0.717, 1.165) is 6.42 Å². The SMILES string of the molecule is CCCNc1ncc([N+](=O)[O-])c(-c2ccnn2C)n1. The van der Waals surface area contributed by atoms with Crippen molar-refractivity contribution < 1.29 is 4.92 Å². The first-order valence-corrected chi connectivity index (χ1v) is 5.87. The van der Waals surface area contributed by atoms with Gasteiger partial charge in [0.05, 0.1) is 10.6 Å². The van der Waals surface area contributed by atoms with E-state index in [1.54, 1.807) is 24.0 Å². The third-order valence-electron chi connectivity index (χ3n) is 2.56. The number of aryl methyl sites for hydroxylation is 1. The summed E-state index contributed by atoms with van der Waals surface area (Å²) in [5.41, 5.74) is 0.706. The van der Waals surface area contributed by atoms with E-state index in [-0.39, 0.29) is 11.4 Å². The molecule has 0 aliphatic heterocycles. The van der Waals surface area contributed by atoms with Gasteiger partial charge in [0.2, 0.25) is 5.95 Å². The molecule has 0 aromatic carbocycles. The quantitative estimate of drug-likeness (QED) is 0.649. The zero-order chi connectivity index (χ0) is 13.8. The molecule has 0 saturated carbocycles. The molecule has 1 N–H and O–H groups in total. The van der Waals surface area contributed by atoms with Crippen LogP contribution in [-0.4, -0.2) is 31.2 Å². The molecule has 8 heteroatoms. The van der Waals surface area contributed by atoms with E-state index in [1.807, 2.05) is 6.92 Å². The second-order valence-electron chi connectivity index (χ2n) is 3.95. The van der Waals surface area contributed by atoms with Crippen molar-refractivity contribution in [3.05, 3.63) is 28.6 Å². The van der Waals surface area contributed by atoms with Gasteiger partial charge in [0, 0.05) is 19.8 Å². The van der Waals surface area contributed by atoms with E-state index in [9.17, 15) is 10.1 Å². The van der Waals surface area contributed by atoms with Crippen LogP contribution in [0.5, 0.6) is 0 Å². The van der Waals surface area contributed by atoms with Crippen LogP contribution in [0.1, 0.15) is 13.3 Å². The van der Waals surface area contributed by atoms with Crippen molar-refractivity contribution in [1.29, 1.82) is 0 Å². The summed E-state index contributed by atoms with van der Waals surface area (Å²) >= 11 is 0. The Bertz CT molecular complexity index is 595. The standard InChI is InChI=1S/C11H14N6O2/c1-3-5-12-11-13-7-9(17(18)19)10(15-11)8-4-6-14-16(8)2/h4,6-7H,3,5H2,1-2H3,(H,12,13,15). The topological polar surface area (TPSA) is 98.8 Å². The minimum atomic E-state index is -0.494. The lowest BCUT2D eigenvalue weighted by Gasteiger charge is -2.06. The maximum Gasteiger partial charge on any atom is 0.315 e. The number of rotatable bonds is 5. The third kappa shape index (κ3) is 2.67. The number of hydrogen-bond donors (Lipinski definition) is 1. The van der Waals surface area contributed by atoms with Crippen molar-refractivity contribution >= 4 is 11.6 Å². The van der Waals surface area contributed by atoms with Gasteiger partial charge in [-0.05, 0) is 12.5 Å². The third-order valence-corrected chi connectivity index (χ3v) is 2.56. The molecule has 8 nitrogen and oxygen atoms in total. The normalized spacial score (nSPS) is 10.4. The van der Waals surface area contributed by atoms with E-state index in [4.69, 9.17) is 0 Å². The maximum atomic E-state index is 11.0. The van der Waals surface area contributed by atoms with Gasteiger partial charge in [0.15, 0.2) is 5.69 Å². The van der Waals surface area contributed by atoms with Gasteiger partial charge in [-0.25, -0.2) is 9.97 Å². The molecule has 100 valence electrons. The lowest BCUT2D eigenvalue weighted by molar-refractivity contribution is -0.384. The fourth-order valence-electron chi connectivity index (χ4n) is 1.63. The van der Waals surface area contributed by atoms with Crippen molar-refractivity contribution in [1.82, 2.24) is 19.7 Å². The smallest absolute Gasteiger partial charge is 0.315 e. The Morgan fingerprint density at radius 1 is 1.53 bits per heavy atom. The Balaban J connectivity index is 2.48. The van der Waals surface area contributed by atoms with Crippen LogP contribution < -0.4 is 5.32 Å². The summed E-state index contributed by atoms with van der Waals surface area (Å²) in [7, 11) is 1.71. The molecule has 0 saturated heterocycles. The highest BCUT2D eigenvalue weighted by Crippen LogP contribution is 2.27. The largest absolute Gasteiger partial charge is 0.354 e. The Morgan fingerprint density at radius 3 is 2.89 bits per heavy atom. The van der Waals surface area contributed by atoms with Gasteiger partial charge in [-0.3, -0.25) is 14.8 Å². The molecule has 0 bridgehead atoms. The monoisotopic (exact) mass is 262 g/mol. The van der Waals surface area contributed by atoms with Gasteiger partial charge in [-0.2, -0.15) is 5.10 Å². The average molecular weight is 262 g/mol. The number of nitrogens with zero attached hydrogens (tertiary/aromatic N) is 5. The van der Waals surface area contributed by atoms with Gasteiger partial charge in [-0.1, -0.05) is 6.92 Å². The first-order chi connectivity index (χ1) is 9.13. The first-order valence-electron chi connectivity index (χ1n) is 5.87. The number of aromatic nitrogens is 4. The molecule has 0 radical (unpaired) electrons. The Labute approximate surface area is 109 Å². The lowest BCUT2D eigenvalue weighted by Crippen LogP contribution is -2.07. The fourth-order valence-corrected chi connectivity index (χ4v) is 1.63. The summed E-state index contributed by atoms with van der Waals surface area (Å²) in [6.07, 6.45) is 3.70. The minimum Gasteiger partial charge on any atom is -0.354 e. The molecule has 0 unspecified atom stereocenters. The van der Waals surface area contributed by atoms with Gasteiger partial charge in [-0.15, -0.1) is 0 Å². The first kappa shape index (κ1) is 12.9. The molecular weight excluding hydrogens is 248 g/mol. The number of nitro groups is 1. The highest BCUT2D eigenvalue weighted by atomic mass is 16.6. The molecular formula is C11H14N6O2. The summed E-state index contributed by atoms with van der Waals surface area (Å²) in [5, 5.41) is 18.0. The van der Waals surface area contributed by atoms with Crippen molar-refractivity contribution in [2.45, 2.75) is 13.3 Å².